The van der Waals surface area contributed by atoms with E-state index in [2.05, 4.69) is 15.9 Å². The average molecular weight is 269 g/mol. The number of furan rings is 1. The molecule has 3 nitrogen and oxygen atoms in total. The number of halogens is 1. The normalized spacial score (nSPS) is 10.5. The highest BCUT2D eigenvalue weighted by molar-refractivity contribution is 9.10. The highest BCUT2D eigenvalue weighted by Crippen LogP contribution is 2.33. The van der Waals surface area contributed by atoms with Crippen molar-refractivity contribution in [3.8, 4) is 5.75 Å². The Labute approximate surface area is 95.1 Å². The summed E-state index contributed by atoms with van der Waals surface area (Å²) in [5.41, 5.74) is 1.51. The van der Waals surface area contributed by atoms with Gasteiger partial charge in [0.25, 0.3) is 0 Å². The van der Waals surface area contributed by atoms with Crippen LogP contribution in [-0.4, -0.2) is 13.4 Å². The summed E-state index contributed by atoms with van der Waals surface area (Å²) in [5, 5.41) is 0.952. The van der Waals surface area contributed by atoms with Crippen LogP contribution in [0.5, 0.6) is 5.75 Å². The number of ether oxygens (including phenoxy) is 1. The third-order valence-corrected chi connectivity index (χ3v) is 2.59. The van der Waals surface area contributed by atoms with Gasteiger partial charge in [-0.2, -0.15) is 0 Å². The first-order valence-electron chi connectivity index (χ1n) is 4.45. The number of hydrogen-bond donors (Lipinski definition) is 0. The van der Waals surface area contributed by atoms with Crippen molar-refractivity contribution >= 4 is 33.2 Å². The number of fused-ring (bicyclic) bond motifs is 1. The second kappa shape index (κ2) is 4.06. The van der Waals surface area contributed by atoms with Gasteiger partial charge in [-0.3, -0.25) is 0 Å². The number of rotatable bonds is 3. The molecule has 0 spiro atoms. The Morgan fingerprint density at radius 2 is 2.33 bits per heavy atom. The molecule has 0 N–H and O–H groups in total. The van der Waals surface area contributed by atoms with Gasteiger partial charge in [0.2, 0.25) is 0 Å². The van der Waals surface area contributed by atoms with Crippen LogP contribution in [-0.2, 0) is 11.2 Å². The minimum absolute atomic E-state index is 0.331. The lowest BCUT2D eigenvalue weighted by molar-refractivity contribution is -0.107. The van der Waals surface area contributed by atoms with E-state index in [1.807, 2.05) is 18.2 Å². The molecule has 0 unspecified atom stereocenters. The maximum atomic E-state index is 10.5. The molecule has 0 aliphatic carbocycles. The summed E-state index contributed by atoms with van der Waals surface area (Å²) in [5.74, 6) is 0.630. The third kappa shape index (κ3) is 1.77. The molecule has 1 aromatic carbocycles. The van der Waals surface area contributed by atoms with Crippen molar-refractivity contribution in [3.63, 3.8) is 0 Å². The lowest BCUT2D eigenvalue weighted by Crippen LogP contribution is -1.93. The summed E-state index contributed by atoms with van der Waals surface area (Å²) >= 11 is 3.26. The van der Waals surface area contributed by atoms with E-state index in [-0.39, 0.29) is 0 Å². The van der Waals surface area contributed by atoms with Crippen LogP contribution in [0.2, 0.25) is 0 Å². The molecule has 0 atom stereocenters. The van der Waals surface area contributed by atoms with Crippen molar-refractivity contribution < 1.29 is 13.9 Å². The Bertz CT molecular complexity index is 502. The van der Waals surface area contributed by atoms with Gasteiger partial charge in [0.05, 0.1) is 7.11 Å². The van der Waals surface area contributed by atoms with E-state index in [0.29, 0.717) is 22.4 Å². The van der Waals surface area contributed by atoms with Crippen LogP contribution in [0.3, 0.4) is 0 Å². The fraction of sp³-hybridized carbons (Fsp3) is 0.182. The zero-order chi connectivity index (χ0) is 10.8. The Hall–Kier alpha value is -1.29. The molecule has 2 aromatic rings. The molecular weight excluding hydrogens is 260 g/mol. The highest BCUT2D eigenvalue weighted by atomic mass is 79.9. The Morgan fingerprint density at radius 3 is 3.00 bits per heavy atom. The summed E-state index contributed by atoms with van der Waals surface area (Å²) in [6.07, 6.45) is 1.18. The van der Waals surface area contributed by atoms with Crippen LogP contribution in [0.25, 0.3) is 11.0 Å². The van der Waals surface area contributed by atoms with Gasteiger partial charge < -0.3 is 13.9 Å². The van der Waals surface area contributed by atoms with E-state index in [0.717, 1.165) is 17.2 Å². The molecule has 2 rings (SSSR count). The fourth-order valence-corrected chi connectivity index (χ4v) is 1.97. The summed E-state index contributed by atoms with van der Waals surface area (Å²) in [4.78, 5) is 10.5. The van der Waals surface area contributed by atoms with Crippen molar-refractivity contribution in [3.05, 3.63) is 28.4 Å². The Balaban J connectivity index is 2.68. The molecule has 0 amide bonds. The smallest absolute Gasteiger partial charge is 0.177 e. The van der Waals surface area contributed by atoms with Crippen LogP contribution in [0.15, 0.2) is 27.3 Å². The van der Waals surface area contributed by atoms with Crippen molar-refractivity contribution in [2.75, 3.05) is 7.11 Å². The molecule has 0 aliphatic heterocycles. The van der Waals surface area contributed by atoms with Crippen molar-refractivity contribution in [2.24, 2.45) is 0 Å². The highest BCUT2D eigenvalue weighted by Gasteiger charge is 2.12. The van der Waals surface area contributed by atoms with Gasteiger partial charge in [0.15, 0.2) is 16.0 Å². The standard InChI is InChI=1S/C11H9BrO3/c1-14-10-7(4-5-13)2-3-8-6-9(12)15-11(8)10/h2-3,5-6H,4H2,1H3. The average Bonchev–Trinajstić information content (AvgIpc) is 2.58. The number of aldehydes is 1. The summed E-state index contributed by atoms with van der Waals surface area (Å²) < 4.78 is 11.4. The van der Waals surface area contributed by atoms with Gasteiger partial charge in [-0.05, 0) is 22.0 Å². The molecule has 1 heterocycles. The predicted molar refractivity (Wildman–Crippen MR) is 60.2 cm³/mol. The molecule has 0 radical (unpaired) electrons. The number of carbonyl (C=O) groups excluding carboxylic acids is 1. The molecule has 0 aliphatic rings. The van der Waals surface area contributed by atoms with E-state index in [1.54, 1.807) is 7.11 Å². The van der Waals surface area contributed by atoms with Crippen molar-refractivity contribution in [1.29, 1.82) is 0 Å². The van der Waals surface area contributed by atoms with Gasteiger partial charge in [0.1, 0.15) is 6.29 Å². The van der Waals surface area contributed by atoms with E-state index in [9.17, 15) is 4.79 Å². The van der Waals surface area contributed by atoms with Crippen LogP contribution >= 0.6 is 15.9 Å². The number of hydrogen-bond acceptors (Lipinski definition) is 3. The van der Waals surface area contributed by atoms with E-state index in [4.69, 9.17) is 9.15 Å². The third-order valence-electron chi connectivity index (χ3n) is 2.20. The fourth-order valence-electron chi connectivity index (χ4n) is 1.56. The van der Waals surface area contributed by atoms with Crippen LogP contribution in [0.1, 0.15) is 5.56 Å². The topological polar surface area (TPSA) is 39.4 Å². The minimum Gasteiger partial charge on any atom is -0.493 e. The maximum Gasteiger partial charge on any atom is 0.177 e. The first kappa shape index (κ1) is 10.2. The van der Waals surface area contributed by atoms with Gasteiger partial charge >= 0.3 is 0 Å². The Morgan fingerprint density at radius 1 is 1.53 bits per heavy atom. The first-order chi connectivity index (χ1) is 7.26. The van der Waals surface area contributed by atoms with Gasteiger partial charge in [-0.1, -0.05) is 12.1 Å². The molecule has 0 saturated heterocycles. The molecule has 1 aromatic heterocycles. The van der Waals surface area contributed by atoms with Gasteiger partial charge in [0, 0.05) is 17.4 Å². The zero-order valence-electron chi connectivity index (χ0n) is 8.12. The van der Waals surface area contributed by atoms with Crippen LogP contribution in [0, 0.1) is 0 Å². The lowest BCUT2D eigenvalue weighted by atomic mass is 10.1. The largest absolute Gasteiger partial charge is 0.493 e. The van der Waals surface area contributed by atoms with Crippen LogP contribution in [0.4, 0.5) is 0 Å². The first-order valence-corrected chi connectivity index (χ1v) is 5.24. The monoisotopic (exact) mass is 268 g/mol. The molecule has 15 heavy (non-hydrogen) atoms. The molecule has 0 saturated carbocycles. The SMILES string of the molecule is COc1c(CC=O)ccc2cc(Br)oc12. The summed E-state index contributed by atoms with van der Waals surface area (Å²) in [6.45, 7) is 0. The van der Waals surface area contributed by atoms with Gasteiger partial charge in [-0.15, -0.1) is 0 Å². The summed E-state index contributed by atoms with van der Waals surface area (Å²) in [6, 6.07) is 5.64. The number of methoxy groups -OCH3 is 1. The molecule has 0 fully saturated rings. The second-order valence-corrected chi connectivity index (χ2v) is 3.88. The molecule has 78 valence electrons. The van der Waals surface area contributed by atoms with E-state index >= 15 is 0 Å². The molecule has 0 bridgehead atoms. The maximum absolute atomic E-state index is 10.5. The molecule has 4 heteroatoms. The van der Waals surface area contributed by atoms with Crippen molar-refractivity contribution in [1.82, 2.24) is 0 Å². The van der Waals surface area contributed by atoms with Crippen LogP contribution < -0.4 is 4.74 Å². The summed E-state index contributed by atoms with van der Waals surface area (Å²) in [7, 11) is 1.57. The number of benzene rings is 1. The predicted octanol–water partition coefficient (Wildman–Crippen LogP) is 2.95. The molecular formula is C11H9BrO3. The van der Waals surface area contributed by atoms with E-state index in [1.165, 1.54) is 0 Å². The lowest BCUT2D eigenvalue weighted by Gasteiger charge is -2.05. The van der Waals surface area contributed by atoms with Crippen molar-refractivity contribution in [2.45, 2.75) is 6.42 Å². The minimum atomic E-state index is 0.331. The van der Waals surface area contributed by atoms with E-state index < -0.39 is 0 Å². The Kier molecular flexibility index (Phi) is 2.77. The quantitative estimate of drug-likeness (QED) is 0.804. The number of carbonyl (C=O) groups is 1. The second-order valence-electron chi connectivity index (χ2n) is 3.10. The zero-order valence-corrected chi connectivity index (χ0v) is 9.71. The van der Waals surface area contributed by atoms with Gasteiger partial charge in [-0.25, -0.2) is 0 Å².